The van der Waals surface area contributed by atoms with Gasteiger partial charge in [-0.15, -0.1) is 0 Å². The minimum Gasteiger partial charge on any atom is -0.461 e. The lowest BCUT2D eigenvalue weighted by atomic mass is 9.75. The molecule has 0 spiro atoms. The third-order valence-electron chi connectivity index (χ3n) is 4.43. The van der Waals surface area contributed by atoms with Crippen molar-refractivity contribution >= 4 is 28.6 Å². The van der Waals surface area contributed by atoms with Gasteiger partial charge >= 0.3 is 5.97 Å². The minimum atomic E-state index is -0.476. The number of cyclic esters (lactones) is 1. The summed E-state index contributed by atoms with van der Waals surface area (Å²) in [5.41, 5.74) is 0.754. The summed E-state index contributed by atoms with van der Waals surface area (Å²) >= 11 is 1.68. The van der Waals surface area contributed by atoms with Gasteiger partial charge in [0.15, 0.2) is 0 Å². The van der Waals surface area contributed by atoms with Gasteiger partial charge in [0, 0.05) is 0 Å². The molecule has 20 heavy (non-hydrogen) atoms. The summed E-state index contributed by atoms with van der Waals surface area (Å²) in [4.78, 5) is 10.8. The van der Waals surface area contributed by atoms with Gasteiger partial charge in [-0.05, 0) is 77.8 Å². The molecule has 0 radical (unpaired) electrons. The number of hydrogen-bond donors (Lipinski definition) is 0. The van der Waals surface area contributed by atoms with E-state index in [4.69, 9.17) is 4.74 Å². The van der Waals surface area contributed by atoms with Crippen LogP contribution in [0.15, 0.2) is 12.1 Å². The molecule has 1 heterocycles. The van der Waals surface area contributed by atoms with Crippen LogP contribution in [0.5, 0.6) is 0 Å². The Morgan fingerprint density at radius 2 is 1.65 bits per heavy atom. The van der Waals surface area contributed by atoms with Crippen molar-refractivity contribution in [3.05, 3.63) is 32.9 Å². The highest BCUT2D eigenvalue weighted by Gasteiger charge is 2.37. The van der Waals surface area contributed by atoms with E-state index in [1.54, 1.807) is 22.6 Å². The van der Waals surface area contributed by atoms with E-state index in [0.717, 1.165) is 31.2 Å². The standard InChI is InChI=1S/C15H15F2IO2/c16-11-5-10(6-12(17)15(11)18)8-1-3-9(4-2-8)13-7-14(19)20-13/h5-6,8-9,13H,1-4,7H2. The second-order valence-electron chi connectivity index (χ2n) is 5.64. The maximum Gasteiger partial charge on any atom is 0.309 e. The summed E-state index contributed by atoms with van der Waals surface area (Å²) in [6.07, 6.45) is 4.32. The first kappa shape index (κ1) is 14.2. The Kier molecular flexibility index (Phi) is 3.97. The number of rotatable bonds is 2. The Morgan fingerprint density at radius 1 is 1.10 bits per heavy atom. The van der Waals surface area contributed by atoms with Crippen molar-refractivity contribution in [1.29, 1.82) is 0 Å². The Hall–Kier alpha value is -0.720. The number of hydrogen-bond acceptors (Lipinski definition) is 2. The van der Waals surface area contributed by atoms with E-state index in [1.165, 1.54) is 12.1 Å². The van der Waals surface area contributed by atoms with E-state index in [0.29, 0.717) is 12.3 Å². The third kappa shape index (κ3) is 2.69. The van der Waals surface area contributed by atoms with Crippen LogP contribution < -0.4 is 0 Å². The van der Waals surface area contributed by atoms with Gasteiger partial charge in [0.1, 0.15) is 17.7 Å². The summed E-state index contributed by atoms with van der Waals surface area (Å²) in [6, 6.07) is 2.92. The van der Waals surface area contributed by atoms with Gasteiger partial charge in [0.25, 0.3) is 0 Å². The fraction of sp³-hybridized carbons (Fsp3) is 0.533. The maximum atomic E-state index is 13.6. The third-order valence-corrected chi connectivity index (χ3v) is 5.46. The molecule has 2 nitrogen and oxygen atoms in total. The molecule has 108 valence electrons. The van der Waals surface area contributed by atoms with E-state index in [1.807, 2.05) is 0 Å². The highest BCUT2D eigenvalue weighted by Crippen LogP contribution is 2.40. The molecule has 1 saturated heterocycles. The Morgan fingerprint density at radius 3 is 2.15 bits per heavy atom. The zero-order valence-corrected chi connectivity index (χ0v) is 13.0. The van der Waals surface area contributed by atoms with E-state index in [-0.39, 0.29) is 21.6 Å². The number of halogens is 3. The number of carbonyl (C=O) groups is 1. The van der Waals surface area contributed by atoms with Crippen molar-refractivity contribution in [2.75, 3.05) is 0 Å². The van der Waals surface area contributed by atoms with E-state index < -0.39 is 11.6 Å². The molecule has 1 saturated carbocycles. The molecule has 0 N–H and O–H groups in total. The van der Waals surface area contributed by atoms with Crippen molar-refractivity contribution in [2.45, 2.75) is 44.1 Å². The summed E-state index contributed by atoms with van der Waals surface area (Å²) in [7, 11) is 0. The van der Waals surface area contributed by atoms with Crippen LogP contribution in [-0.2, 0) is 9.53 Å². The highest BCUT2D eigenvalue weighted by molar-refractivity contribution is 14.1. The lowest BCUT2D eigenvalue weighted by Gasteiger charge is -2.37. The van der Waals surface area contributed by atoms with Crippen LogP contribution in [0.2, 0.25) is 0 Å². The molecule has 2 fully saturated rings. The average molecular weight is 392 g/mol. The Balaban J connectivity index is 1.64. The molecule has 0 bridgehead atoms. The van der Waals surface area contributed by atoms with Gasteiger partial charge in [-0.1, -0.05) is 0 Å². The summed E-state index contributed by atoms with van der Waals surface area (Å²) in [5.74, 6) is -0.435. The van der Waals surface area contributed by atoms with E-state index in [2.05, 4.69) is 0 Å². The van der Waals surface area contributed by atoms with Gasteiger partial charge in [-0.3, -0.25) is 4.79 Å². The molecular formula is C15H15F2IO2. The lowest BCUT2D eigenvalue weighted by molar-refractivity contribution is -0.176. The van der Waals surface area contributed by atoms with Crippen LogP contribution in [0.25, 0.3) is 0 Å². The molecule has 1 atom stereocenters. The summed E-state index contributed by atoms with van der Waals surface area (Å²) in [6.45, 7) is 0. The van der Waals surface area contributed by atoms with Gasteiger partial charge < -0.3 is 4.74 Å². The molecule has 2 aliphatic rings. The number of benzene rings is 1. The van der Waals surface area contributed by atoms with Gasteiger partial charge in [-0.2, -0.15) is 0 Å². The van der Waals surface area contributed by atoms with Gasteiger partial charge in [0.05, 0.1) is 9.99 Å². The van der Waals surface area contributed by atoms with Gasteiger partial charge in [0.2, 0.25) is 0 Å². The van der Waals surface area contributed by atoms with Crippen LogP contribution in [0.3, 0.4) is 0 Å². The van der Waals surface area contributed by atoms with Crippen molar-refractivity contribution < 1.29 is 18.3 Å². The Labute approximate surface area is 130 Å². The second-order valence-corrected chi connectivity index (χ2v) is 6.72. The number of esters is 1. The lowest BCUT2D eigenvalue weighted by Crippen LogP contribution is -2.40. The molecule has 3 rings (SSSR count). The maximum absolute atomic E-state index is 13.6. The molecular weight excluding hydrogens is 377 g/mol. The predicted molar refractivity (Wildman–Crippen MR) is 78.3 cm³/mol. The Bertz CT molecular complexity index is 508. The van der Waals surface area contributed by atoms with Gasteiger partial charge in [-0.25, -0.2) is 8.78 Å². The fourth-order valence-corrected chi connectivity index (χ4v) is 3.53. The topological polar surface area (TPSA) is 26.3 Å². The van der Waals surface area contributed by atoms with E-state index >= 15 is 0 Å². The normalized spacial score (nSPS) is 29.8. The molecule has 1 aromatic carbocycles. The smallest absolute Gasteiger partial charge is 0.309 e. The highest BCUT2D eigenvalue weighted by atomic mass is 127. The SMILES string of the molecule is O=C1CC(C2CCC(c3cc(F)c(I)c(F)c3)CC2)O1. The zero-order valence-electron chi connectivity index (χ0n) is 10.9. The molecule has 0 amide bonds. The largest absolute Gasteiger partial charge is 0.461 e. The van der Waals surface area contributed by atoms with Crippen LogP contribution in [0.4, 0.5) is 8.78 Å². The first-order valence-corrected chi connectivity index (χ1v) is 7.96. The van der Waals surface area contributed by atoms with Crippen LogP contribution in [-0.4, -0.2) is 12.1 Å². The molecule has 5 heteroatoms. The molecule has 1 unspecified atom stereocenters. The zero-order chi connectivity index (χ0) is 14.3. The van der Waals surface area contributed by atoms with Crippen molar-refractivity contribution in [2.24, 2.45) is 5.92 Å². The molecule has 1 aromatic rings. The summed E-state index contributed by atoms with van der Waals surface area (Å²) in [5, 5.41) is 0. The minimum absolute atomic E-state index is 0.0569. The molecule has 1 aliphatic heterocycles. The first-order valence-electron chi connectivity index (χ1n) is 6.88. The fourth-order valence-electron chi connectivity index (χ4n) is 3.22. The van der Waals surface area contributed by atoms with E-state index in [9.17, 15) is 13.6 Å². The van der Waals surface area contributed by atoms with Crippen molar-refractivity contribution in [1.82, 2.24) is 0 Å². The average Bonchev–Trinajstić information content (AvgIpc) is 2.41. The first-order chi connectivity index (χ1) is 9.54. The van der Waals surface area contributed by atoms with Crippen LogP contribution in [0.1, 0.15) is 43.6 Å². The van der Waals surface area contributed by atoms with Crippen LogP contribution >= 0.6 is 22.6 Å². The van der Waals surface area contributed by atoms with Crippen LogP contribution in [0, 0.1) is 21.1 Å². The quantitative estimate of drug-likeness (QED) is 0.429. The van der Waals surface area contributed by atoms with Crippen molar-refractivity contribution in [3.63, 3.8) is 0 Å². The monoisotopic (exact) mass is 392 g/mol. The predicted octanol–water partition coefficient (Wildman–Crippen LogP) is 4.16. The van der Waals surface area contributed by atoms with Crippen molar-refractivity contribution in [3.8, 4) is 0 Å². The summed E-state index contributed by atoms with van der Waals surface area (Å²) < 4.78 is 32.4. The number of carbonyl (C=O) groups excluding carboxylic acids is 1. The number of ether oxygens (including phenoxy) is 1. The molecule has 0 aromatic heterocycles. The second kappa shape index (κ2) is 5.58. The molecule has 1 aliphatic carbocycles.